The van der Waals surface area contributed by atoms with Gasteiger partial charge in [0, 0.05) is 0 Å². The lowest BCUT2D eigenvalue weighted by molar-refractivity contribution is 0.0693. The van der Waals surface area contributed by atoms with E-state index in [-0.39, 0.29) is 11.3 Å². The number of carboxylic acids is 1. The topological polar surface area (TPSA) is 57.5 Å². The fourth-order valence-electron chi connectivity index (χ4n) is 1.45. The molecule has 15 heavy (non-hydrogen) atoms. The van der Waals surface area contributed by atoms with E-state index in [1.54, 1.807) is 13.0 Å². The molecular weight excluding hydrogens is 192 g/mol. The Hall–Kier alpha value is -2.03. The lowest BCUT2D eigenvalue weighted by Gasteiger charge is -2.10. The number of carboxylic acid groups (broad SMARTS) is 1. The molecule has 0 fully saturated rings. The number of hydrogen-bond donors (Lipinski definition) is 2. The van der Waals surface area contributed by atoms with Crippen LogP contribution in [0.2, 0.25) is 0 Å². The summed E-state index contributed by atoms with van der Waals surface area (Å²) < 4.78 is 0. The second kappa shape index (κ2) is 4.00. The molecule has 1 rings (SSSR count). The van der Waals surface area contributed by atoms with Crippen LogP contribution in [0.3, 0.4) is 0 Å². The first-order valence-electron chi connectivity index (χ1n) is 4.37. The first-order valence-corrected chi connectivity index (χ1v) is 4.37. The Bertz CT molecular complexity index is 445. The number of aromatic carboxylic acids is 1. The van der Waals surface area contributed by atoms with Gasteiger partial charge in [0.05, 0.1) is 0 Å². The van der Waals surface area contributed by atoms with Gasteiger partial charge in [0.1, 0.15) is 11.3 Å². The maximum absolute atomic E-state index is 10.8. The predicted octanol–water partition coefficient (Wildman–Crippen LogP) is 2.68. The van der Waals surface area contributed by atoms with Crippen molar-refractivity contribution in [1.82, 2.24) is 0 Å². The number of aromatic hydroxyl groups is 1. The van der Waals surface area contributed by atoms with Gasteiger partial charge in [0.15, 0.2) is 0 Å². The number of benzene rings is 1. The minimum atomic E-state index is -1.16. The molecule has 0 bridgehead atoms. The van der Waals surface area contributed by atoms with Crippen molar-refractivity contribution in [2.24, 2.45) is 0 Å². The van der Waals surface area contributed by atoms with E-state index in [4.69, 9.17) is 5.11 Å². The summed E-state index contributed by atoms with van der Waals surface area (Å²) >= 11 is 0. The quantitative estimate of drug-likeness (QED) is 0.795. The molecule has 1 aromatic rings. The normalized spacial score (nSPS) is 9.67. The summed E-state index contributed by atoms with van der Waals surface area (Å²) in [5, 5.41) is 18.5. The first kappa shape index (κ1) is 11.0. The molecule has 0 atom stereocenters. The summed E-state index contributed by atoms with van der Waals surface area (Å²) in [4.78, 5) is 10.8. The zero-order valence-electron chi connectivity index (χ0n) is 8.45. The van der Waals surface area contributed by atoms with E-state index in [2.05, 4.69) is 13.2 Å². The maximum Gasteiger partial charge on any atom is 0.339 e. The summed E-state index contributed by atoms with van der Waals surface area (Å²) in [5.41, 5.74) is 1.73. The minimum absolute atomic E-state index is 0.118. The van der Waals surface area contributed by atoms with E-state index in [1.165, 1.54) is 12.1 Å². The molecule has 0 unspecified atom stereocenters. The van der Waals surface area contributed by atoms with E-state index in [0.717, 1.165) is 0 Å². The van der Waals surface area contributed by atoms with E-state index in [1.807, 2.05) is 0 Å². The molecule has 3 nitrogen and oxygen atoms in total. The van der Waals surface area contributed by atoms with Gasteiger partial charge >= 0.3 is 5.97 Å². The number of hydrogen-bond acceptors (Lipinski definition) is 2. The van der Waals surface area contributed by atoms with Crippen molar-refractivity contribution in [2.75, 3.05) is 0 Å². The number of phenols is 1. The smallest absolute Gasteiger partial charge is 0.339 e. The first-order chi connectivity index (χ1) is 7.02. The van der Waals surface area contributed by atoms with E-state index < -0.39 is 5.97 Å². The fourth-order valence-corrected chi connectivity index (χ4v) is 1.45. The molecule has 0 spiro atoms. The van der Waals surface area contributed by atoms with Gasteiger partial charge in [-0.05, 0) is 29.7 Å². The SMILES string of the molecule is C=Cc1cc(C(=O)O)c(O)c(C)c1C=C. The van der Waals surface area contributed by atoms with Crippen LogP contribution in [0.15, 0.2) is 19.2 Å². The van der Waals surface area contributed by atoms with Crippen molar-refractivity contribution >= 4 is 18.1 Å². The van der Waals surface area contributed by atoms with Crippen LogP contribution in [0, 0.1) is 6.92 Å². The molecule has 0 heterocycles. The molecule has 78 valence electrons. The summed E-state index contributed by atoms with van der Waals surface area (Å²) in [6.45, 7) is 8.84. The summed E-state index contributed by atoms with van der Waals surface area (Å²) in [6, 6.07) is 1.38. The zero-order chi connectivity index (χ0) is 11.6. The van der Waals surface area contributed by atoms with Crippen molar-refractivity contribution in [3.63, 3.8) is 0 Å². The summed E-state index contributed by atoms with van der Waals surface area (Å²) in [6.07, 6.45) is 3.10. The van der Waals surface area contributed by atoms with Crippen LogP contribution in [-0.2, 0) is 0 Å². The molecule has 0 aliphatic carbocycles. The second-order valence-electron chi connectivity index (χ2n) is 3.11. The van der Waals surface area contributed by atoms with Crippen LogP contribution in [0.5, 0.6) is 5.75 Å². The highest BCUT2D eigenvalue weighted by molar-refractivity contribution is 5.93. The van der Waals surface area contributed by atoms with Gasteiger partial charge in [-0.25, -0.2) is 4.79 Å². The molecule has 0 aliphatic heterocycles. The standard InChI is InChI=1S/C12H12O3/c1-4-8-6-10(12(14)15)11(13)7(3)9(8)5-2/h4-6,13H,1-2H2,3H3,(H,14,15). The highest BCUT2D eigenvalue weighted by Gasteiger charge is 2.15. The molecule has 0 radical (unpaired) electrons. The maximum atomic E-state index is 10.8. The van der Waals surface area contributed by atoms with E-state index in [0.29, 0.717) is 16.7 Å². The van der Waals surface area contributed by atoms with E-state index in [9.17, 15) is 9.90 Å². The van der Waals surface area contributed by atoms with E-state index >= 15 is 0 Å². The molecule has 0 saturated heterocycles. The van der Waals surface area contributed by atoms with Crippen molar-refractivity contribution in [3.8, 4) is 5.75 Å². The molecular formula is C12H12O3. The molecule has 1 aromatic carbocycles. The molecule has 0 aromatic heterocycles. The van der Waals surface area contributed by atoms with Crippen LogP contribution in [-0.4, -0.2) is 16.2 Å². The van der Waals surface area contributed by atoms with Crippen LogP contribution in [0.25, 0.3) is 12.2 Å². The third-order valence-corrected chi connectivity index (χ3v) is 2.28. The Morgan fingerprint density at radius 1 is 1.40 bits per heavy atom. The highest BCUT2D eigenvalue weighted by Crippen LogP contribution is 2.29. The fraction of sp³-hybridized carbons (Fsp3) is 0.0833. The third-order valence-electron chi connectivity index (χ3n) is 2.28. The predicted molar refractivity (Wildman–Crippen MR) is 60.0 cm³/mol. The number of rotatable bonds is 3. The van der Waals surface area contributed by atoms with Gasteiger partial charge in [-0.3, -0.25) is 0 Å². The Labute approximate surface area is 88.0 Å². The molecule has 2 N–H and O–H groups in total. The van der Waals surface area contributed by atoms with Gasteiger partial charge in [-0.15, -0.1) is 0 Å². The van der Waals surface area contributed by atoms with Gasteiger partial charge < -0.3 is 10.2 Å². The summed E-state index contributed by atoms with van der Waals surface area (Å²) in [5.74, 6) is -1.38. The van der Waals surface area contributed by atoms with Crippen LogP contribution in [0.1, 0.15) is 27.0 Å². The van der Waals surface area contributed by atoms with Crippen molar-refractivity contribution in [2.45, 2.75) is 6.92 Å². The lowest BCUT2D eigenvalue weighted by Crippen LogP contribution is -2.01. The van der Waals surface area contributed by atoms with Gasteiger partial charge in [0.2, 0.25) is 0 Å². The highest BCUT2D eigenvalue weighted by atomic mass is 16.4. The average molecular weight is 204 g/mol. The van der Waals surface area contributed by atoms with Crippen LogP contribution in [0.4, 0.5) is 0 Å². The number of carbonyl (C=O) groups is 1. The second-order valence-corrected chi connectivity index (χ2v) is 3.11. The Morgan fingerprint density at radius 2 is 2.00 bits per heavy atom. The monoisotopic (exact) mass is 204 g/mol. The van der Waals surface area contributed by atoms with Gasteiger partial charge in [-0.2, -0.15) is 0 Å². The van der Waals surface area contributed by atoms with Crippen LogP contribution >= 0.6 is 0 Å². The lowest BCUT2D eigenvalue weighted by atomic mass is 9.97. The van der Waals surface area contributed by atoms with Gasteiger partial charge in [0.25, 0.3) is 0 Å². The van der Waals surface area contributed by atoms with Crippen molar-refractivity contribution < 1.29 is 15.0 Å². The molecule has 0 amide bonds. The molecule has 0 saturated carbocycles. The van der Waals surface area contributed by atoms with Gasteiger partial charge in [-0.1, -0.05) is 25.3 Å². The minimum Gasteiger partial charge on any atom is -0.507 e. The summed E-state index contributed by atoms with van der Waals surface area (Å²) in [7, 11) is 0. The van der Waals surface area contributed by atoms with Crippen LogP contribution < -0.4 is 0 Å². The average Bonchev–Trinajstić information content (AvgIpc) is 2.21. The van der Waals surface area contributed by atoms with Crippen molar-refractivity contribution in [3.05, 3.63) is 41.5 Å². The Morgan fingerprint density at radius 3 is 2.40 bits per heavy atom. The van der Waals surface area contributed by atoms with Crippen molar-refractivity contribution in [1.29, 1.82) is 0 Å². The third kappa shape index (κ3) is 1.76. The zero-order valence-corrected chi connectivity index (χ0v) is 8.45. The molecule has 3 heteroatoms. The Kier molecular flexibility index (Phi) is 2.95. The largest absolute Gasteiger partial charge is 0.507 e. The Balaban J connectivity index is 3.63. The molecule has 0 aliphatic rings.